The second-order valence-corrected chi connectivity index (χ2v) is 36.8. The van der Waals surface area contributed by atoms with Crippen molar-refractivity contribution < 1.29 is 192 Å². The van der Waals surface area contributed by atoms with Gasteiger partial charge in [-0.15, -0.1) is 0 Å². The molecule has 0 radical (unpaired) electrons. The van der Waals surface area contributed by atoms with Crippen molar-refractivity contribution in [3.05, 3.63) is 48.8 Å². The topological polar surface area (TPSA) is 662 Å². The zero-order valence-electron chi connectivity index (χ0n) is 66.6. The molecule has 21 fully saturated rings. The molecule has 22 N–H and O–H groups in total. The molecule has 44 nitrogen and oxygen atoms in total. The first-order valence-corrected chi connectivity index (χ1v) is 46.8. The van der Waals surface area contributed by atoms with Crippen LogP contribution in [0.5, 0.6) is 0 Å². The Balaban J connectivity index is 0.912. The van der Waals surface area contributed by atoms with E-state index < -0.39 is 283 Å². The molecule has 123 heavy (non-hydrogen) atoms. The maximum Gasteiger partial charge on any atom is 0.238 e. The second-order valence-electron chi connectivity index (χ2n) is 29.8. The van der Waals surface area contributed by atoms with Gasteiger partial charge in [0, 0.05) is 79.3 Å². The third-order valence-corrected chi connectivity index (χ3v) is 28.0. The highest BCUT2D eigenvalue weighted by Crippen LogP contribution is 2.41. The van der Waals surface area contributed by atoms with Crippen molar-refractivity contribution in [1.29, 1.82) is 0 Å². The van der Waals surface area contributed by atoms with Gasteiger partial charge in [0.2, 0.25) is 11.8 Å². The molecule has 2 aromatic rings. The van der Waals surface area contributed by atoms with Crippen molar-refractivity contribution in [2.45, 2.75) is 257 Å². The number of ketones is 2. The standard InChI is InChI=1S/C73H113N5O39S6/c1-31(84)9-15-102-17-18-103-16-10-33(85)21-32(65(100)77-13-19-120-122-42-7-3-5-11-75-42)27-118-29-40-63-49(91)56(98)72(109-40)114-61-38(25-82)105-69(52(94)45(61)87)113-60-37(24-81)108-71(55(97)48(60)90)117-64-41(30-119-28-34(74-2)66(101)78-14-20-121-123-43-8-4-6-12-76-43)110-73(57(99)50(64)92)115-62-39(26-83)106-68(53(95)46(62)88)111-58-35(22-79)104-67(51(93)44(58)86)112-59-36(23-80)107-70(116-63)54(96)47(59)89/h3-8,11-12,32,34-41,44-64,67-74,79-83,86-99H,9-10,13-30H2,1-2H3,(H,77,100)(H,78,101)/t32?,34?,35?,36?,37?,38?,39?,40?,41?,44-,45-,46-,47-,48-,49-,50-,51?,52?,53?,54?,55?,56?,57?,58-,59-,60-,61-,62-,63-,64-,67-,68-,69+,70-,71+,72-,73+/m1/s1. The first-order chi connectivity index (χ1) is 59.1. The van der Waals surface area contributed by atoms with Gasteiger partial charge in [0.05, 0.1) is 83.6 Å². The number of aliphatic hydroxyl groups excluding tert-OH is 19. The molecule has 21 aliphatic heterocycles. The summed E-state index contributed by atoms with van der Waals surface area (Å²) >= 11 is 1.96. The minimum Gasteiger partial charge on any atom is -0.394 e. The average molecular weight is 1880 g/mol. The number of nitrogens with zero attached hydrogens (tertiary/aromatic N) is 2. The summed E-state index contributed by atoms with van der Waals surface area (Å²) in [7, 11) is 7.12. The lowest BCUT2D eigenvalue weighted by atomic mass is 9.95. The molecule has 16 unspecified atom stereocenters. The highest BCUT2D eigenvalue weighted by atomic mass is 33.1. The number of carbonyl (C=O) groups excluding carboxylic acids is 4. The highest BCUT2D eigenvalue weighted by molar-refractivity contribution is 8.77. The van der Waals surface area contributed by atoms with Crippen molar-refractivity contribution in [2.24, 2.45) is 5.92 Å². The zero-order chi connectivity index (χ0) is 88.7. The Kier molecular flexibility index (Phi) is 42.2. The smallest absolute Gasteiger partial charge is 0.238 e. The Bertz CT molecular complexity index is 3460. The molecule has 0 saturated carbocycles. The van der Waals surface area contributed by atoms with Gasteiger partial charge in [0.25, 0.3) is 0 Å². The summed E-state index contributed by atoms with van der Waals surface area (Å²) in [6, 6.07) is 9.91. The molecule has 21 saturated heterocycles. The zero-order valence-corrected chi connectivity index (χ0v) is 71.5. The van der Waals surface area contributed by atoms with Gasteiger partial charge in [-0.05, 0) is 59.8 Å². The number of ether oxygens (including phenoxy) is 16. The van der Waals surface area contributed by atoms with E-state index in [2.05, 4.69) is 25.9 Å². The van der Waals surface area contributed by atoms with Crippen LogP contribution >= 0.6 is 66.7 Å². The van der Waals surface area contributed by atoms with Gasteiger partial charge in [0.1, 0.15) is 180 Å². The number of pyridine rings is 2. The normalized spacial score (nSPS) is 39.4. The number of Topliss-reactive ketones (excluding diaryl/α,β-unsaturated/α-hetero) is 2. The summed E-state index contributed by atoms with van der Waals surface area (Å²) in [4.78, 5) is 61.3. The molecule has 37 atom stereocenters. The summed E-state index contributed by atoms with van der Waals surface area (Å²) < 4.78 is 95.5. The van der Waals surface area contributed by atoms with E-state index in [0.29, 0.717) is 16.5 Å². The van der Waals surface area contributed by atoms with E-state index in [9.17, 15) is 116 Å². The van der Waals surface area contributed by atoms with Crippen LogP contribution in [0.15, 0.2) is 58.8 Å². The van der Waals surface area contributed by atoms with Crippen LogP contribution in [0.25, 0.3) is 0 Å². The number of hydrogen-bond acceptors (Lipinski definition) is 48. The molecule has 0 aliphatic carbocycles. The van der Waals surface area contributed by atoms with Gasteiger partial charge in [0.15, 0.2) is 44.0 Å². The van der Waals surface area contributed by atoms with E-state index in [0.717, 1.165) is 28.5 Å². The molecule has 50 heteroatoms. The Hall–Kier alpha value is -2.76. The molecule has 23 heterocycles. The maximum absolute atomic E-state index is 14.2. The van der Waals surface area contributed by atoms with E-state index in [1.54, 1.807) is 30.6 Å². The fourth-order valence-electron chi connectivity index (χ4n) is 14.3. The summed E-state index contributed by atoms with van der Waals surface area (Å²) in [6.07, 6.45) is -69.3. The molecule has 700 valence electrons. The van der Waals surface area contributed by atoms with E-state index in [4.69, 9.17) is 75.8 Å². The minimum atomic E-state index is -2.30. The summed E-state index contributed by atoms with van der Waals surface area (Å²) in [5, 5.41) is 231. The number of aromatic nitrogens is 2. The van der Waals surface area contributed by atoms with E-state index in [-0.39, 0.29) is 81.8 Å². The summed E-state index contributed by atoms with van der Waals surface area (Å²) in [5.74, 6) is -2.59. The van der Waals surface area contributed by atoms with Crippen LogP contribution in [-0.2, 0) is 95.0 Å². The van der Waals surface area contributed by atoms with Gasteiger partial charge in [-0.3, -0.25) is 19.2 Å². The number of amides is 2. The SMILES string of the molecule is CNC(CSCC1O[C@H]2O[C@@H]3C(CO)O[C@H](O[C@@H]4C(CO)O[C@H](O[C@@H]5C(CO)O[C@H](O[C@@H]6C(CSCC(CC(=O)CCOCCOCCC(C)=O)C(=O)NCCSSc7ccccn7)O[C@H](O[C@@H]7C(CO)O[C@@H](O[C@@H]8C(CO)O[C@@H](O[C@H]1[C@H](O)C2O)C(O)[C@H]8O)C(O)[C@H]7O)C(O)[C@H]6O)C(O)[C@H]5O)C(O)[C@H]4O)C(O)[C@H]3O)C(=O)NCCSSc1ccccn1. The quantitative estimate of drug-likeness (QED) is 0.0221. The van der Waals surface area contributed by atoms with Gasteiger partial charge in [-0.1, -0.05) is 33.7 Å². The van der Waals surface area contributed by atoms with Gasteiger partial charge >= 0.3 is 0 Å². The predicted molar refractivity (Wildman–Crippen MR) is 428 cm³/mol. The van der Waals surface area contributed by atoms with Gasteiger partial charge in [-0.25, -0.2) is 9.97 Å². The summed E-state index contributed by atoms with van der Waals surface area (Å²) in [6.45, 7) is -3.37. The molecular weight excluding hydrogens is 1760 g/mol. The first kappa shape index (κ1) is 102. The lowest BCUT2D eigenvalue weighted by Crippen LogP contribution is -2.68. The molecule has 23 rings (SSSR count). The van der Waals surface area contributed by atoms with Crippen LogP contribution < -0.4 is 16.0 Å². The Morgan fingerprint density at radius 2 is 0.691 bits per heavy atom. The molecule has 2 amide bonds. The van der Waals surface area contributed by atoms with Crippen LogP contribution in [0.1, 0.15) is 26.2 Å². The van der Waals surface area contributed by atoms with Crippen LogP contribution in [-0.4, -0.2) is 465 Å². The summed E-state index contributed by atoms with van der Waals surface area (Å²) in [5.41, 5.74) is 0. The molecule has 0 spiro atoms. The number of hydrogen-bond donors (Lipinski definition) is 22. The lowest BCUT2D eigenvalue weighted by molar-refractivity contribution is -0.395. The lowest BCUT2D eigenvalue weighted by Gasteiger charge is -2.50. The van der Waals surface area contributed by atoms with Crippen LogP contribution in [0.4, 0.5) is 0 Å². The minimum absolute atomic E-state index is 0.0233. The third-order valence-electron chi connectivity index (χ3n) is 21.1. The predicted octanol–water partition coefficient (Wildman–Crippen LogP) is -9.28. The number of rotatable bonds is 37. The number of nitrogens with one attached hydrogen (secondary N) is 3. The molecule has 0 aromatic carbocycles. The van der Waals surface area contributed by atoms with Crippen LogP contribution in [0.2, 0.25) is 0 Å². The van der Waals surface area contributed by atoms with Crippen LogP contribution in [0, 0.1) is 5.92 Å². The van der Waals surface area contributed by atoms with Crippen molar-refractivity contribution in [3.63, 3.8) is 0 Å². The fourth-order valence-corrected chi connectivity index (χ4v) is 20.3. The fraction of sp³-hybridized carbons (Fsp3) is 0.808. The Labute approximate surface area is 730 Å². The largest absolute Gasteiger partial charge is 0.394 e. The van der Waals surface area contributed by atoms with Crippen molar-refractivity contribution in [1.82, 2.24) is 25.9 Å². The Morgan fingerprint density at radius 1 is 0.390 bits per heavy atom. The molecule has 21 aliphatic rings. The van der Waals surface area contributed by atoms with Crippen LogP contribution in [0.3, 0.4) is 0 Å². The van der Waals surface area contributed by atoms with Crippen molar-refractivity contribution >= 4 is 90.1 Å². The third kappa shape index (κ3) is 27.5. The average Bonchev–Trinajstić information content (AvgIpc) is 0.886. The van der Waals surface area contributed by atoms with E-state index in [1.807, 2.05) is 18.2 Å². The maximum atomic E-state index is 14.2. The van der Waals surface area contributed by atoms with Gasteiger partial charge in [-0.2, -0.15) is 23.5 Å². The Morgan fingerprint density at radius 3 is 0.992 bits per heavy atom. The molecule has 2 aromatic heterocycles. The van der Waals surface area contributed by atoms with E-state index >= 15 is 0 Å². The molecule has 14 bridgehead atoms. The number of thioether (sulfide) groups is 2. The second kappa shape index (κ2) is 50.8. The van der Waals surface area contributed by atoms with Crippen molar-refractivity contribution in [3.8, 4) is 0 Å². The number of carbonyl (C=O) groups is 4. The first-order valence-electron chi connectivity index (χ1n) is 39.8. The molecular formula is C73H113N5O39S6. The number of aliphatic hydroxyl groups is 19. The van der Waals surface area contributed by atoms with E-state index in [1.165, 1.54) is 57.1 Å². The number of likely N-dealkylation sites (N-methyl/N-ethyl adjacent to an activating group) is 1. The highest BCUT2D eigenvalue weighted by Gasteiger charge is 2.60. The van der Waals surface area contributed by atoms with Crippen molar-refractivity contribution in [2.75, 3.05) is 114 Å². The monoisotopic (exact) mass is 1880 g/mol. The van der Waals surface area contributed by atoms with Gasteiger partial charge < -0.3 is 189 Å².